The van der Waals surface area contributed by atoms with Crippen LogP contribution in [0.5, 0.6) is 11.5 Å². The van der Waals surface area contributed by atoms with Crippen molar-refractivity contribution in [3.63, 3.8) is 0 Å². The summed E-state index contributed by atoms with van der Waals surface area (Å²) in [6.45, 7) is 0.489. The number of ketones is 2. The molecule has 1 aromatic heterocycles. The molecule has 0 spiro atoms. The second-order valence-corrected chi connectivity index (χ2v) is 10.4. The summed E-state index contributed by atoms with van der Waals surface area (Å²) < 4.78 is 37.6. The van der Waals surface area contributed by atoms with E-state index in [1.165, 1.54) is 6.07 Å². The van der Waals surface area contributed by atoms with Gasteiger partial charge in [0.2, 0.25) is 0 Å². The van der Waals surface area contributed by atoms with E-state index < -0.39 is 12.0 Å². The number of benzene rings is 1. The lowest BCUT2D eigenvalue weighted by Gasteiger charge is -2.70. The number of Topliss-reactive ketones (excluding diaryl/α,β-unsaturated/α-hetero) is 2. The molecule has 35 heavy (non-hydrogen) atoms. The van der Waals surface area contributed by atoms with Gasteiger partial charge in [-0.2, -0.15) is 8.78 Å². The molecule has 6 rings (SSSR count). The highest BCUT2D eigenvalue weighted by Crippen LogP contribution is 2.69. The number of hydrogen-bond acceptors (Lipinski definition) is 6. The standard InChI is InChI=1S/C25H23ClF2N2O5/c1-23(27,28)21-5-3-15(9-29-21)34-10-22(33)30-25-11-24(12-25,13-25)8-18(32)20-7-17(31)16-6-14(26)2-4-19(16)35-20/h2-6,9,20H,7-8,10-13H2,1H3,(H,30,33)/t20-,24?,25?/m1/s1. The number of nitrogens with one attached hydrogen (secondary N) is 1. The number of carbonyl (C=O) groups is 3. The lowest BCUT2D eigenvalue weighted by Crippen LogP contribution is -2.75. The quantitative estimate of drug-likeness (QED) is 0.577. The number of rotatable bonds is 8. The maximum atomic E-state index is 13.2. The van der Waals surface area contributed by atoms with Crippen molar-refractivity contribution >= 4 is 29.1 Å². The number of amides is 1. The van der Waals surface area contributed by atoms with Gasteiger partial charge in [-0.3, -0.25) is 19.4 Å². The van der Waals surface area contributed by atoms with Gasteiger partial charge in [-0.05, 0) is 55.0 Å². The van der Waals surface area contributed by atoms with Crippen molar-refractivity contribution in [2.24, 2.45) is 5.41 Å². The number of pyridine rings is 1. The highest BCUT2D eigenvalue weighted by Gasteiger charge is 2.68. The van der Waals surface area contributed by atoms with Crippen molar-refractivity contribution in [1.82, 2.24) is 10.3 Å². The molecule has 1 atom stereocenters. The first kappa shape index (κ1) is 23.7. The molecule has 2 aromatic rings. The SMILES string of the molecule is CC(F)(F)c1ccc(OCC(=O)NC23CC(CC(=O)[C@H]4CC(=O)c5cc(Cl)ccc5O4)(C2)C3)cn1. The first-order chi connectivity index (χ1) is 16.5. The molecule has 7 nitrogen and oxygen atoms in total. The minimum absolute atomic E-state index is 0.00674. The third-order valence-electron chi connectivity index (χ3n) is 6.89. The molecule has 3 aliphatic carbocycles. The molecule has 1 N–H and O–H groups in total. The van der Waals surface area contributed by atoms with Gasteiger partial charge >= 0.3 is 0 Å². The van der Waals surface area contributed by atoms with E-state index in [4.69, 9.17) is 21.1 Å². The minimum atomic E-state index is -3.05. The summed E-state index contributed by atoms with van der Waals surface area (Å²) in [5.74, 6) is -3.06. The number of carbonyl (C=O) groups excluding carboxylic acids is 3. The number of halogens is 3. The Morgan fingerprint density at radius 3 is 2.66 bits per heavy atom. The molecule has 4 aliphatic rings. The smallest absolute Gasteiger partial charge is 0.286 e. The number of hydrogen-bond donors (Lipinski definition) is 1. The molecule has 1 amide bonds. The molecule has 0 unspecified atom stereocenters. The highest BCUT2D eigenvalue weighted by atomic mass is 35.5. The predicted molar refractivity (Wildman–Crippen MR) is 121 cm³/mol. The summed E-state index contributed by atoms with van der Waals surface area (Å²) in [6.07, 6.45) is 2.66. The van der Waals surface area contributed by atoms with Crippen LogP contribution in [0.2, 0.25) is 5.02 Å². The van der Waals surface area contributed by atoms with Gasteiger partial charge in [-0.1, -0.05) is 11.6 Å². The zero-order valence-electron chi connectivity index (χ0n) is 18.9. The van der Waals surface area contributed by atoms with E-state index in [1.807, 2.05) is 0 Å². The number of fused-ring (bicyclic) bond motifs is 1. The second kappa shape index (κ2) is 8.26. The molecule has 3 fully saturated rings. The molecule has 2 bridgehead atoms. The number of ether oxygens (including phenoxy) is 2. The largest absolute Gasteiger partial charge is 0.482 e. The van der Waals surface area contributed by atoms with E-state index in [1.54, 1.807) is 18.2 Å². The van der Waals surface area contributed by atoms with Gasteiger partial charge in [-0.15, -0.1) is 0 Å². The molecule has 3 saturated carbocycles. The monoisotopic (exact) mass is 504 g/mol. The first-order valence-corrected chi connectivity index (χ1v) is 11.6. The summed E-state index contributed by atoms with van der Waals surface area (Å²) in [5.41, 5.74) is -0.506. The topological polar surface area (TPSA) is 94.6 Å². The Kier molecular flexibility index (Phi) is 5.58. The average molecular weight is 505 g/mol. The molecule has 10 heteroatoms. The van der Waals surface area contributed by atoms with Crippen LogP contribution in [0.1, 0.15) is 55.1 Å². The van der Waals surface area contributed by atoms with Crippen LogP contribution in [0.3, 0.4) is 0 Å². The van der Waals surface area contributed by atoms with Crippen LogP contribution in [0.15, 0.2) is 36.5 Å². The van der Waals surface area contributed by atoms with Crippen molar-refractivity contribution in [1.29, 1.82) is 0 Å². The summed E-state index contributed by atoms with van der Waals surface area (Å²) in [7, 11) is 0. The van der Waals surface area contributed by atoms with Crippen molar-refractivity contribution in [2.75, 3.05) is 6.61 Å². The van der Waals surface area contributed by atoms with E-state index in [2.05, 4.69) is 10.3 Å². The Labute approximate surface area is 205 Å². The second-order valence-electron chi connectivity index (χ2n) is 9.93. The molecule has 184 valence electrons. The maximum absolute atomic E-state index is 13.2. The summed E-state index contributed by atoms with van der Waals surface area (Å²) in [5, 5.41) is 3.39. The fourth-order valence-electron chi connectivity index (χ4n) is 5.48. The Morgan fingerprint density at radius 2 is 2.00 bits per heavy atom. The first-order valence-electron chi connectivity index (χ1n) is 11.3. The Bertz CT molecular complexity index is 1190. The van der Waals surface area contributed by atoms with Crippen LogP contribution < -0.4 is 14.8 Å². The third kappa shape index (κ3) is 4.61. The minimum Gasteiger partial charge on any atom is -0.482 e. The van der Waals surface area contributed by atoms with Gasteiger partial charge in [0.05, 0.1) is 18.2 Å². The number of nitrogens with zero attached hydrogens (tertiary/aromatic N) is 1. The van der Waals surface area contributed by atoms with Crippen molar-refractivity contribution in [2.45, 2.75) is 56.6 Å². The number of aromatic nitrogens is 1. The lowest BCUT2D eigenvalue weighted by molar-refractivity contribution is -0.175. The van der Waals surface area contributed by atoms with Crippen molar-refractivity contribution in [3.8, 4) is 11.5 Å². The molecule has 1 aromatic carbocycles. The maximum Gasteiger partial charge on any atom is 0.286 e. The highest BCUT2D eigenvalue weighted by molar-refractivity contribution is 6.31. The van der Waals surface area contributed by atoms with E-state index in [9.17, 15) is 23.2 Å². The lowest BCUT2D eigenvalue weighted by atomic mass is 9.38. The van der Waals surface area contributed by atoms with E-state index in [-0.39, 0.29) is 52.9 Å². The normalized spacial score (nSPS) is 26.5. The summed E-state index contributed by atoms with van der Waals surface area (Å²) in [4.78, 5) is 41.3. The Hall–Kier alpha value is -3.07. The Balaban J connectivity index is 1.08. The van der Waals surface area contributed by atoms with E-state index in [0.29, 0.717) is 42.0 Å². The van der Waals surface area contributed by atoms with E-state index >= 15 is 0 Å². The van der Waals surface area contributed by atoms with Gasteiger partial charge in [0, 0.05) is 23.9 Å². The predicted octanol–water partition coefficient (Wildman–Crippen LogP) is 4.26. The Morgan fingerprint density at radius 1 is 1.26 bits per heavy atom. The van der Waals surface area contributed by atoms with Gasteiger partial charge in [0.25, 0.3) is 11.8 Å². The molecule has 0 radical (unpaired) electrons. The fraction of sp³-hybridized carbons (Fsp3) is 0.440. The van der Waals surface area contributed by atoms with Crippen LogP contribution in [0.25, 0.3) is 0 Å². The van der Waals surface area contributed by atoms with Gasteiger partial charge < -0.3 is 14.8 Å². The van der Waals surface area contributed by atoms with Crippen LogP contribution >= 0.6 is 11.6 Å². The summed E-state index contributed by atoms with van der Waals surface area (Å²) >= 11 is 5.94. The summed E-state index contributed by atoms with van der Waals surface area (Å²) in [6, 6.07) is 7.28. The van der Waals surface area contributed by atoms with Crippen molar-refractivity contribution < 1.29 is 32.6 Å². The molecule has 2 heterocycles. The molecular formula is C25H23ClF2N2O5. The van der Waals surface area contributed by atoms with Crippen LogP contribution in [0.4, 0.5) is 8.78 Å². The zero-order chi connectivity index (χ0) is 25.0. The van der Waals surface area contributed by atoms with Crippen LogP contribution in [0, 0.1) is 5.41 Å². The number of alkyl halides is 2. The zero-order valence-corrected chi connectivity index (χ0v) is 19.7. The van der Waals surface area contributed by atoms with Crippen LogP contribution in [-0.2, 0) is 15.5 Å². The van der Waals surface area contributed by atoms with Gasteiger partial charge in [0.1, 0.15) is 17.2 Å². The molecule has 0 saturated heterocycles. The molecule has 1 aliphatic heterocycles. The van der Waals surface area contributed by atoms with Gasteiger partial charge in [0.15, 0.2) is 24.3 Å². The molecular weight excluding hydrogens is 482 g/mol. The average Bonchev–Trinajstić information content (AvgIpc) is 2.75. The van der Waals surface area contributed by atoms with Crippen LogP contribution in [-0.4, -0.2) is 40.7 Å². The van der Waals surface area contributed by atoms with Crippen molar-refractivity contribution in [3.05, 3.63) is 52.8 Å². The fourth-order valence-corrected chi connectivity index (χ4v) is 5.66. The third-order valence-corrected chi connectivity index (χ3v) is 7.13. The van der Waals surface area contributed by atoms with E-state index in [0.717, 1.165) is 19.2 Å². The van der Waals surface area contributed by atoms with Gasteiger partial charge in [-0.25, -0.2) is 0 Å².